The van der Waals surface area contributed by atoms with E-state index in [0.717, 1.165) is 17.5 Å². The Bertz CT molecular complexity index is 1180. The third-order valence-corrected chi connectivity index (χ3v) is 5.22. The first kappa shape index (κ1) is 20.2. The number of ether oxygens (including phenoxy) is 1. The normalized spacial score (nSPS) is 14.8. The van der Waals surface area contributed by atoms with Gasteiger partial charge in [0.2, 0.25) is 0 Å². The Morgan fingerprint density at radius 2 is 1.94 bits per heavy atom. The van der Waals surface area contributed by atoms with Crippen LogP contribution in [0.5, 0.6) is 5.75 Å². The lowest BCUT2D eigenvalue weighted by Gasteiger charge is -2.25. The van der Waals surface area contributed by atoms with Gasteiger partial charge in [0.15, 0.2) is 0 Å². The quantitative estimate of drug-likeness (QED) is 0.564. The minimum Gasteiger partial charge on any atom is -0.496 e. The summed E-state index contributed by atoms with van der Waals surface area (Å²) in [5, 5.41) is 19.8. The van der Waals surface area contributed by atoms with Crippen molar-refractivity contribution in [1.82, 2.24) is 9.78 Å². The molecule has 1 aliphatic heterocycles. The van der Waals surface area contributed by atoms with Crippen LogP contribution in [0.4, 0.5) is 11.5 Å². The van der Waals surface area contributed by atoms with E-state index in [2.05, 4.69) is 15.7 Å². The lowest BCUT2D eigenvalue weighted by molar-refractivity contribution is -0.132. The van der Waals surface area contributed by atoms with Crippen LogP contribution in [0.1, 0.15) is 34.5 Å². The van der Waals surface area contributed by atoms with Crippen molar-refractivity contribution in [1.29, 1.82) is 0 Å². The Morgan fingerprint density at radius 1 is 1.19 bits per heavy atom. The summed E-state index contributed by atoms with van der Waals surface area (Å²) in [6, 6.07) is 14.3. The number of carbonyl (C=O) groups is 2. The van der Waals surface area contributed by atoms with Crippen LogP contribution in [0.25, 0.3) is 0 Å². The van der Waals surface area contributed by atoms with Crippen molar-refractivity contribution < 1.29 is 19.4 Å². The molecule has 0 saturated carbocycles. The van der Waals surface area contributed by atoms with E-state index >= 15 is 0 Å². The van der Waals surface area contributed by atoms with Crippen molar-refractivity contribution in [2.45, 2.75) is 19.4 Å². The molecule has 158 valence electrons. The summed E-state index contributed by atoms with van der Waals surface area (Å²) in [7, 11) is 1.55. The molecular weight excluding hydrogens is 396 g/mol. The van der Waals surface area contributed by atoms with Crippen molar-refractivity contribution in [2.24, 2.45) is 0 Å². The molecule has 0 bridgehead atoms. The van der Waals surface area contributed by atoms with Crippen molar-refractivity contribution in [2.75, 3.05) is 17.7 Å². The van der Waals surface area contributed by atoms with E-state index in [1.807, 2.05) is 49.4 Å². The fourth-order valence-electron chi connectivity index (χ4n) is 3.66. The lowest BCUT2D eigenvalue weighted by atomic mass is 10.0. The van der Waals surface area contributed by atoms with Crippen LogP contribution in [0.3, 0.4) is 0 Å². The molecule has 0 fully saturated rings. The molecule has 31 heavy (non-hydrogen) atoms. The zero-order valence-electron chi connectivity index (χ0n) is 17.1. The summed E-state index contributed by atoms with van der Waals surface area (Å²) in [6.07, 6.45) is 3.75. The van der Waals surface area contributed by atoms with Crippen molar-refractivity contribution >= 4 is 23.4 Å². The third-order valence-electron chi connectivity index (χ3n) is 5.22. The average Bonchev–Trinajstić information content (AvgIpc) is 3.23. The van der Waals surface area contributed by atoms with E-state index in [9.17, 15) is 14.7 Å². The maximum absolute atomic E-state index is 13.1. The first-order valence-corrected chi connectivity index (χ1v) is 9.85. The number of carbonyl (C=O) groups excluding carboxylic acids is 1. The van der Waals surface area contributed by atoms with Gasteiger partial charge < -0.3 is 20.5 Å². The molecule has 3 aromatic rings. The summed E-state index contributed by atoms with van der Waals surface area (Å²) in [6.45, 7) is 2.01. The molecule has 1 aromatic heterocycles. The Kier molecular flexibility index (Phi) is 5.44. The van der Waals surface area contributed by atoms with Gasteiger partial charge in [-0.2, -0.15) is 5.10 Å². The highest BCUT2D eigenvalue weighted by Crippen LogP contribution is 2.36. The molecule has 0 unspecified atom stereocenters. The van der Waals surface area contributed by atoms with E-state index in [0.29, 0.717) is 17.3 Å². The molecule has 8 nitrogen and oxygen atoms in total. The Labute approximate surface area is 179 Å². The number of carboxylic acids is 1. The Hall–Kier alpha value is -4.07. The molecule has 1 atom stereocenters. The van der Waals surface area contributed by atoms with E-state index in [1.165, 1.54) is 6.20 Å². The van der Waals surface area contributed by atoms with Gasteiger partial charge in [-0.3, -0.25) is 4.79 Å². The van der Waals surface area contributed by atoms with Gasteiger partial charge in [-0.1, -0.05) is 43.3 Å². The summed E-state index contributed by atoms with van der Waals surface area (Å²) >= 11 is 0. The van der Waals surface area contributed by atoms with Crippen molar-refractivity contribution in [3.05, 3.63) is 83.2 Å². The summed E-state index contributed by atoms with van der Waals surface area (Å²) in [4.78, 5) is 24.8. The molecule has 1 amide bonds. The predicted octanol–water partition coefficient (Wildman–Crippen LogP) is 3.69. The number of carboxylic acid groups (broad SMARTS) is 1. The molecule has 8 heteroatoms. The summed E-state index contributed by atoms with van der Waals surface area (Å²) in [5.74, 6) is -0.600. The first-order chi connectivity index (χ1) is 15.0. The SMILES string of the molecule is CCc1ccccc1NC(=O)c1cnn2c1NC(C(=O)O)=C[C@H]2c1ccccc1OC. The molecule has 2 heterocycles. The zero-order valence-corrected chi connectivity index (χ0v) is 17.1. The molecule has 0 aliphatic carbocycles. The number of anilines is 2. The fourth-order valence-corrected chi connectivity index (χ4v) is 3.66. The van der Waals surface area contributed by atoms with Crippen LogP contribution in [0, 0.1) is 0 Å². The monoisotopic (exact) mass is 418 g/mol. The standard InChI is InChI=1S/C23H22N4O4/c1-3-14-8-4-6-10-17(14)26-22(28)16-13-24-27-19(12-18(23(29)30)25-21(16)27)15-9-5-7-11-20(15)31-2/h4-13,19,25H,3H2,1-2H3,(H,26,28)(H,29,30)/t19-/m0/s1. The average molecular weight is 418 g/mol. The van der Waals surface area contributed by atoms with Crippen molar-refractivity contribution in [3.8, 4) is 5.75 Å². The number of rotatable bonds is 6. The van der Waals surface area contributed by atoms with Gasteiger partial charge in [-0.15, -0.1) is 0 Å². The highest BCUT2D eigenvalue weighted by Gasteiger charge is 2.30. The highest BCUT2D eigenvalue weighted by atomic mass is 16.5. The molecule has 0 spiro atoms. The topological polar surface area (TPSA) is 105 Å². The summed E-state index contributed by atoms with van der Waals surface area (Å²) in [5.41, 5.74) is 2.66. The number of hydrogen-bond acceptors (Lipinski definition) is 5. The van der Waals surface area contributed by atoms with Crippen LogP contribution in [-0.2, 0) is 11.2 Å². The first-order valence-electron chi connectivity index (χ1n) is 9.85. The molecule has 2 aromatic carbocycles. The second kappa shape index (κ2) is 8.35. The van der Waals surface area contributed by atoms with Crippen LogP contribution in [-0.4, -0.2) is 33.9 Å². The number of nitrogens with one attached hydrogen (secondary N) is 2. The largest absolute Gasteiger partial charge is 0.496 e. The van der Waals surface area contributed by atoms with Gasteiger partial charge in [-0.25, -0.2) is 9.48 Å². The number of allylic oxidation sites excluding steroid dienone is 1. The van der Waals surface area contributed by atoms with Gasteiger partial charge in [0.05, 0.1) is 13.3 Å². The third kappa shape index (κ3) is 3.75. The molecule has 1 aliphatic rings. The summed E-state index contributed by atoms with van der Waals surface area (Å²) < 4.78 is 7.04. The Balaban J connectivity index is 1.75. The molecule has 4 rings (SSSR count). The maximum atomic E-state index is 13.1. The van der Waals surface area contributed by atoms with E-state index in [1.54, 1.807) is 23.9 Å². The van der Waals surface area contributed by atoms with Gasteiger partial charge in [0, 0.05) is 11.3 Å². The number of aryl methyl sites for hydroxylation is 1. The Morgan fingerprint density at radius 3 is 2.68 bits per heavy atom. The van der Waals surface area contributed by atoms with Crippen molar-refractivity contribution in [3.63, 3.8) is 0 Å². The predicted molar refractivity (Wildman–Crippen MR) is 116 cm³/mol. The smallest absolute Gasteiger partial charge is 0.352 e. The number of hydrogen-bond donors (Lipinski definition) is 3. The van der Waals surface area contributed by atoms with Crippen LogP contribution in [0.15, 0.2) is 66.5 Å². The van der Waals surface area contributed by atoms with Gasteiger partial charge in [0.1, 0.15) is 28.9 Å². The number of nitrogens with zero attached hydrogens (tertiary/aromatic N) is 2. The van der Waals surface area contributed by atoms with E-state index in [-0.39, 0.29) is 17.2 Å². The minimum absolute atomic E-state index is 0.0353. The number of methoxy groups -OCH3 is 1. The number of aromatic nitrogens is 2. The highest BCUT2D eigenvalue weighted by molar-refractivity contribution is 6.08. The zero-order chi connectivity index (χ0) is 22.0. The molecular formula is C23H22N4O4. The second-order valence-corrected chi connectivity index (χ2v) is 7.01. The fraction of sp³-hybridized carbons (Fsp3) is 0.174. The minimum atomic E-state index is -1.13. The molecule has 0 saturated heterocycles. The second-order valence-electron chi connectivity index (χ2n) is 7.01. The number of benzene rings is 2. The number of fused-ring (bicyclic) bond motifs is 1. The number of amides is 1. The van der Waals surface area contributed by atoms with Crippen LogP contribution < -0.4 is 15.4 Å². The number of aliphatic carboxylic acids is 1. The lowest BCUT2D eigenvalue weighted by Crippen LogP contribution is -2.26. The van der Waals surface area contributed by atoms with Gasteiger partial charge in [-0.05, 0) is 30.2 Å². The van der Waals surface area contributed by atoms with E-state index < -0.39 is 12.0 Å². The number of para-hydroxylation sites is 2. The van der Waals surface area contributed by atoms with Gasteiger partial charge in [0.25, 0.3) is 5.91 Å². The van der Waals surface area contributed by atoms with Crippen LogP contribution in [0.2, 0.25) is 0 Å². The molecule has 3 N–H and O–H groups in total. The maximum Gasteiger partial charge on any atom is 0.352 e. The van der Waals surface area contributed by atoms with Crippen LogP contribution >= 0.6 is 0 Å². The van der Waals surface area contributed by atoms with E-state index in [4.69, 9.17) is 4.74 Å². The van der Waals surface area contributed by atoms with Gasteiger partial charge >= 0.3 is 5.97 Å². The molecule has 0 radical (unpaired) electrons.